The predicted molar refractivity (Wildman–Crippen MR) is 291 cm³/mol. The van der Waals surface area contributed by atoms with E-state index < -0.39 is 5.95 Å². The van der Waals surface area contributed by atoms with E-state index in [1.165, 1.54) is 36.8 Å². The van der Waals surface area contributed by atoms with Crippen LogP contribution < -0.4 is 0 Å². The molecule has 0 radical (unpaired) electrons. The van der Waals surface area contributed by atoms with Crippen molar-refractivity contribution in [1.29, 1.82) is 0 Å². The number of rotatable bonds is 6. The standard InChI is InChI=1S/C10H14ClN.C10H14FN.C9H14N2.C9H15NS.C8H12ClNS.C8H13NS/c2*1-10(2,3)6-8-4-5-9(11)12-7-8;1-9(2,3)4-8-5-10-7-11-6-8;1-7-10-6-8(11-7)5-9(2,3)4;1-8(2,3)4-6-5-10-7(9)11-6;1-8(2,3)4-7-5-9-6-10-7/h2*4-5,7H,6H2,1-3H3;5-7H,4H2,1-3H3;6H,5H2,1-4H3;5H,4H2,1-3H3;5-6H,4H2,1-3H3. The minimum atomic E-state index is -0.410. The van der Waals surface area contributed by atoms with Gasteiger partial charge >= 0.3 is 0 Å². The van der Waals surface area contributed by atoms with Crippen LogP contribution in [0.5, 0.6) is 0 Å². The number of nitrogens with zero attached hydrogens (tertiary/aromatic N) is 7. The van der Waals surface area contributed by atoms with Gasteiger partial charge in [-0.2, -0.15) is 4.39 Å². The molecule has 13 heteroatoms. The van der Waals surface area contributed by atoms with Gasteiger partial charge in [-0.25, -0.2) is 29.9 Å². The first-order chi connectivity index (χ1) is 30.5. The van der Waals surface area contributed by atoms with Gasteiger partial charge in [-0.15, -0.1) is 34.0 Å². The van der Waals surface area contributed by atoms with Crippen LogP contribution in [0.3, 0.4) is 0 Å². The normalized spacial score (nSPS) is 11.8. The SMILES string of the molecule is CC(C)(C)Cc1ccc(Cl)nc1.CC(C)(C)Cc1ccc(F)nc1.CC(C)(C)Cc1cnc(Cl)s1.CC(C)(C)Cc1cncnc1.CC(C)(C)Cc1cncs1.Cc1ncc(CC(C)(C)C)s1. The highest BCUT2D eigenvalue weighted by Gasteiger charge is 2.15. The molecule has 0 saturated heterocycles. The molecule has 0 amide bonds. The van der Waals surface area contributed by atoms with Crippen LogP contribution in [0.4, 0.5) is 4.39 Å². The van der Waals surface area contributed by atoms with Crippen molar-refractivity contribution < 1.29 is 4.39 Å². The molecule has 372 valence electrons. The van der Waals surface area contributed by atoms with E-state index in [1.807, 2.05) is 54.8 Å². The molecular weight excluding hydrogens is 933 g/mol. The van der Waals surface area contributed by atoms with Crippen molar-refractivity contribution in [3.05, 3.63) is 131 Å². The van der Waals surface area contributed by atoms with Crippen LogP contribution in [-0.4, -0.2) is 34.9 Å². The Kier molecular flexibility index (Phi) is 26.2. The molecule has 0 saturated carbocycles. The Morgan fingerprint density at radius 3 is 1.22 bits per heavy atom. The largest absolute Gasteiger partial charge is 0.253 e. The second-order valence-electron chi connectivity index (χ2n) is 24.0. The van der Waals surface area contributed by atoms with E-state index in [1.54, 1.807) is 52.6 Å². The maximum atomic E-state index is 12.4. The summed E-state index contributed by atoms with van der Waals surface area (Å²) < 4.78 is 13.1. The molecule has 0 aliphatic rings. The Hall–Kier alpha value is -3.22. The van der Waals surface area contributed by atoms with Gasteiger partial charge in [0.05, 0.1) is 10.5 Å². The van der Waals surface area contributed by atoms with Gasteiger partial charge in [0.15, 0.2) is 4.47 Å². The molecule has 0 spiro atoms. The van der Waals surface area contributed by atoms with Crippen molar-refractivity contribution in [2.75, 3.05) is 0 Å². The topological polar surface area (TPSA) is 90.2 Å². The van der Waals surface area contributed by atoms with E-state index >= 15 is 0 Å². The van der Waals surface area contributed by atoms with E-state index in [0.717, 1.165) is 44.1 Å². The number of aromatic nitrogens is 7. The lowest BCUT2D eigenvalue weighted by Crippen LogP contribution is -2.09. The molecule has 0 fully saturated rings. The Morgan fingerprint density at radius 1 is 0.433 bits per heavy atom. The average Bonchev–Trinajstić information content (AvgIpc) is 3.91. The highest BCUT2D eigenvalue weighted by molar-refractivity contribution is 7.15. The molecule has 0 N–H and O–H groups in total. The third-order valence-corrected chi connectivity index (χ3v) is 11.2. The molecule has 0 aliphatic carbocycles. The molecule has 67 heavy (non-hydrogen) atoms. The van der Waals surface area contributed by atoms with Crippen molar-refractivity contribution in [2.45, 2.75) is 170 Å². The highest BCUT2D eigenvalue weighted by Crippen LogP contribution is 2.27. The fraction of sp³-hybridized carbons (Fsp3) is 0.574. The van der Waals surface area contributed by atoms with Gasteiger partial charge in [0.25, 0.3) is 0 Å². The summed E-state index contributed by atoms with van der Waals surface area (Å²) in [5, 5.41) is 1.73. The highest BCUT2D eigenvalue weighted by atomic mass is 35.5. The molecule has 0 aromatic carbocycles. The number of pyridine rings is 2. The molecule has 0 unspecified atom stereocenters. The third-order valence-electron chi connectivity index (χ3n) is 8.19. The zero-order valence-corrected chi connectivity index (χ0v) is 48.2. The van der Waals surface area contributed by atoms with Crippen LogP contribution in [-0.2, 0) is 38.5 Å². The van der Waals surface area contributed by atoms with Gasteiger partial charge in [-0.3, -0.25) is 4.98 Å². The van der Waals surface area contributed by atoms with E-state index in [-0.39, 0.29) is 5.41 Å². The van der Waals surface area contributed by atoms with Crippen molar-refractivity contribution in [1.82, 2.24) is 34.9 Å². The first-order valence-corrected chi connectivity index (χ1v) is 26.2. The molecular formula is C54H82Cl2FN7S3. The lowest BCUT2D eigenvalue weighted by molar-refractivity contribution is 0.409. The molecule has 7 nitrogen and oxygen atoms in total. The summed E-state index contributed by atoms with van der Waals surface area (Å²) in [5.74, 6) is -0.410. The average molecular weight is 1020 g/mol. The Morgan fingerprint density at radius 2 is 0.866 bits per heavy atom. The zero-order chi connectivity index (χ0) is 51.3. The summed E-state index contributed by atoms with van der Waals surface area (Å²) in [7, 11) is 0. The number of halogens is 3. The molecule has 0 bridgehead atoms. The summed E-state index contributed by atoms with van der Waals surface area (Å²) >= 11 is 16.5. The van der Waals surface area contributed by atoms with Crippen LogP contribution in [0.15, 0.2) is 79.5 Å². The fourth-order valence-corrected chi connectivity index (χ4v) is 9.41. The van der Waals surface area contributed by atoms with E-state index in [4.69, 9.17) is 23.2 Å². The Bertz CT molecular complexity index is 2070. The van der Waals surface area contributed by atoms with Crippen LogP contribution in [0.25, 0.3) is 0 Å². The van der Waals surface area contributed by atoms with E-state index in [9.17, 15) is 4.39 Å². The summed E-state index contributed by atoms with van der Waals surface area (Å²) in [6.45, 7) is 41.9. The number of hydrogen-bond acceptors (Lipinski definition) is 10. The van der Waals surface area contributed by atoms with Gasteiger partial charge < -0.3 is 0 Å². The van der Waals surface area contributed by atoms with Crippen LogP contribution in [0, 0.1) is 45.4 Å². The lowest BCUT2D eigenvalue weighted by atomic mass is 9.89. The number of thiazole rings is 3. The maximum Gasteiger partial charge on any atom is 0.212 e. The van der Waals surface area contributed by atoms with Crippen molar-refractivity contribution >= 4 is 57.2 Å². The monoisotopic (exact) mass is 1010 g/mol. The van der Waals surface area contributed by atoms with Crippen molar-refractivity contribution in [3.63, 3.8) is 0 Å². The van der Waals surface area contributed by atoms with Crippen LogP contribution >= 0.6 is 57.2 Å². The molecule has 0 atom stereocenters. The summed E-state index contributed by atoms with van der Waals surface area (Å²) in [6, 6.07) is 7.05. The van der Waals surface area contributed by atoms with Crippen LogP contribution in [0.2, 0.25) is 9.62 Å². The smallest absolute Gasteiger partial charge is 0.212 e. The third kappa shape index (κ3) is 36.4. The van der Waals surface area contributed by atoms with E-state index in [2.05, 4.69) is 166 Å². The molecule has 6 aromatic heterocycles. The zero-order valence-electron chi connectivity index (χ0n) is 44.2. The van der Waals surface area contributed by atoms with Crippen LogP contribution in [0.1, 0.15) is 161 Å². The summed E-state index contributed by atoms with van der Waals surface area (Å²) in [6.07, 6.45) is 20.9. The fourth-order valence-electron chi connectivity index (χ4n) is 6.03. The number of hydrogen-bond donors (Lipinski definition) is 0. The Balaban J connectivity index is 0.000000402. The van der Waals surface area contributed by atoms with Crippen molar-refractivity contribution in [3.8, 4) is 0 Å². The van der Waals surface area contributed by atoms with Gasteiger partial charge in [-0.05, 0) is 107 Å². The minimum Gasteiger partial charge on any atom is -0.253 e. The second kappa shape index (κ2) is 28.4. The Labute approximate surface area is 427 Å². The summed E-state index contributed by atoms with van der Waals surface area (Å²) in [5.41, 5.74) is 7.41. The minimum absolute atomic E-state index is 0.236. The van der Waals surface area contributed by atoms with Gasteiger partial charge in [0, 0.05) is 58.0 Å². The first kappa shape index (κ1) is 61.8. The second-order valence-corrected chi connectivity index (χ2v) is 28.4. The van der Waals surface area contributed by atoms with Crippen molar-refractivity contribution in [2.24, 2.45) is 32.5 Å². The van der Waals surface area contributed by atoms with Gasteiger partial charge in [0.2, 0.25) is 5.95 Å². The lowest BCUT2D eigenvalue weighted by Gasteiger charge is -2.17. The summed E-state index contributed by atoms with van der Waals surface area (Å²) in [4.78, 5) is 31.8. The molecule has 6 aromatic rings. The number of aryl methyl sites for hydroxylation is 1. The molecule has 0 aliphatic heterocycles. The molecule has 6 heterocycles. The maximum absolute atomic E-state index is 12.4. The van der Waals surface area contributed by atoms with Gasteiger partial charge in [0.1, 0.15) is 11.5 Å². The predicted octanol–water partition coefficient (Wildman–Crippen LogP) is 17.4. The quantitative estimate of drug-likeness (QED) is 0.154. The van der Waals surface area contributed by atoms with E-state index in [0.29, 0.717) is 36.7 Å². The van der Waals surface area contributed by atoms with Gasteiger partial charge in [-0.1, -0.05) is 160 Å². The molecule has 6 rings (SSSR count). The first-order valence-electron chi connectivity index (χ1n) is 22.9.